The molecule has 0 amide bonds. The molecule has 0 aromatic heterocycles. The van der Waals surface area contributed by atoms with Gasteiger partial charge in [-0.05, 0) is 25.3 Å². The second kappa shape index (κ2) is 11.1. The van der Waals surface area contributed by atoms with Gasteiger partial charge in [0.2, 0.25) is 0 Å². The molecule has 24 heavy (non-hydrogen) atoms. The van der Waals surface area contributed by atoms with Gasteiger partial charge < -0.3 is 15.0 Å². The molecule has 0 spiro atoms. The van der Waals surface area contributed by atoms with Crippen LogP contribution in [0.1, 0.15) is 45.1 Å². The molecule has 134 valence electrons. The summed E-state index contributed by atoms with van der Waals surface area (Å²) in [5.41, 5.74) is 1.25. The van der Waals surface area contributed by atoms with Crippen LogP contribution in [-0.2, 0) is 11.3 Å². The molecule has 1 heterocycles. The predicted octanol–water partition coefficient (Wildman–Crippen LogP) is 3.68. The van der Waals surface area contributed by atoms with Crippen molar-refractivity contribution in [1.82, 2.24) is 10.2 Å². The van der Waals surface area contributed by atoms with Gasteiger partial charge in [0, 0.05) is 32.1 Å². The van der Waals surface area contributed by atoms with Gasteiger partial charge in [0.1, 0.15) is 0 Å². The smallest absolute Gasteiger partial charge is 0.193 e. The van der Waals surface area contributed by atoms with E-state index >= 15 is 0 Å². The molecule has 1 saturated heterocycles. The van der Waals surface area contributed by atoms with Crippen molar-refractivity contribution in [3.05, 3.63) is 35.9 Å². The van der Waals surface area contributed by atoms with Crippen LogP contribution in [0, 0.1) is 5.92 Å². The molecule has 0 radical (unpaired) electrons. The molecule has 1 unspecified atom stereocenters. The van der Waals surface area contributed by atoms with Crippen LogP contribution in [0.2, 0.25) is 0 Å². The minimum Gasteiger partial charge on any atom is -0.376 e. The number of aliphatic imine (C=N–C) groups is 1. The molecule has 0 saturated carbocycles. The maximum absolute atomic E-state index is 5.92. The Kier molecular flexibility index (Phi) is 8.67. The van der Waals surface area contributed by atoms with Crippen LogP contribution in [-0.4, -0.2) is 43.6 Å². The first-order chi connectivity index (χ1) is 11.8. The van der Waals surface area contributed by atoms with E-state index in [1.807, 2.05) is 6.07 Å². The highest BCUT2D eigenvalue weighted by atomic mass is 16.5. The summed E-state index contributed by atoms with van der Waals surface area (Å²) in [6, 6.07) is 10.4. The highest BCUT2D eigenvalue weighted by molar-refractivity contribution is 5.80. The molecular weight excluding hydrogens is 298 g/mol. The highest BCUT2D eigenvalue weighted by Crippen LogP contribution is 2.17. The van der Waals surface area contributed by atoms with E-state index in [4.69, 9.17) is 9.73 Å². The molecule has 1 aromatic rings. The number of nitrogens with zero attached hydrogens (tertiary/aromatic N) is 2. The lowest BCUT2D eigenvalue weighted by Crippen LogP contribution is -2.40. The number of likely N-dealkylation sites (tertiary alicyclic amines) is 1. The molecule has 1 N–H and O–H groups in total. The van der Waals surface area contributed by atoms with E-state index < -0.39 is 0 Å². The lowest BCUT2D eigenvalue weighted by atomic mass is 10.1. The third kappa shape index (κ3) is 6.52. The molecule has 4 heteroatoms. The highest BCUT2D eigenvalue weighted by Gasteiger charge is 2.24. The second-order valence-electron chi connectivity index (χ2n) is 6.54. The molecule has 1 aliphatic rings. The monoisotopic (exact) mass is 331 g/mol. The fourth-order valence-corrected chi connectivity index (χ4v) is 3.05. The van der Waals surface area contributed by atoms with Crippen molar-refractivity contribution >= 4 is 5.96 Å². The molecule has 1 fully saturated rings. The first kappa shape index (κ1) is 18.8. The number of hydrogen-bond donors (Lipinski definition) is 1. The van der Waals surface area contributed by atoms with Gasteiger partial charge in [-0.2, -0.15) is 0 Å². The largest absolute Gasteiger partial charge is 0.376 e. The molecule has 1 aromatic carbocycles. The zero-order valence-corrected chi connectivity index (χ0v) is 15.3. The van der Waals surface area contributed by atoms with Crippen LogP contribution < -0.4 is 5.32 Å². The Balaban J connectivity index is 1.73. The van der Waals surface area contributed by atoms with E-state index in [0.29, 0.717) is 12.5 Å². The molecule has 0 bridgehead atoms. The van der Waals surface area contributed by atoms with Gasteiger partial charge in [-0.15, -0.1) is 0 Å². The summed E-state index contributed by atoms with van der Waals surface area (Å²) >= 11 is 0. The Morgan fingerprint density at radius 1 is 1.25 bits per heavy atom. The number of guanidine groups is 1. The lowest BCUT2D eigenvalue weighted by molar-refractivity contribution is 0.0907. The van der Waals surface area contributed by atoms with Crippen molar-refractivity contribution in [2.45, 2.75) is 46.1 Å². The van der Waals surface area contributed by atoms with Gasteiger partial charge in [-0.3, -0.25) is 4.99 Å². The second-order valence-corrected chi connectivity index (χ2v) is 6.54. The Labute approximate surface area is 147 Å². The van der Waals surface area contributed by atoms with Crippen molar-refractivity contribution in [3.8, 4) is 0 Å². The van der Waals surface area contributed by atoms with Gasteiger partial charge in [0.25, 0.3) is 0 Å². The Bertz CT molecular complexity index is 475. The maximum atomic E-state index is 5.92. The summed E-state index contributed by atoms with van der Waals surface area (Å²) in [5.74, 6) is 1.69. The standard InChI is InChI=1S/C20H33N3O/c1-3-5-9-13-22-20(21-4-2)23-14-12-19(15-23)17-24-16-18-10-7-6-8-11-18/h6-8,10-11,19H,3-5,9,12-17H2,1-2H3,(H,21,22). The van der Waals surface area contributed by atoms with Crippen LogP contribution in [0.5, 0.6) is 0 Å². The number of ether oxygens (including phenoxy) is 1. The minimum atomic E-state index is 0.605. The quantitative estimate of drug-likeness (QED) is 0.426. The normalized spacial score (nSPS) is 18.2. The van der Waals surface area contributed by atoms with Crippen LogP contribution in [0.3, 0.4) is 0 Å². The first-order valence-corrected chi connectivity index (χ1v) is 9.48. The number of hydrogen-bond acceptors (Lipinski definition) is 2. The summed E-state index contributed by atoms with van der Waals surface area (Å²) in [6.45, 7) is 9.91. The van der Waals surface area contributed by atoms with Gasteiger partial charge in [-0.1, -0.05) is 50.1 Å². The molecule has 1 aliphatic heterocycles. The molecule has 4 nitrogen and oxygen atoms in total. The fourth-order valence-electron chi connectivity index (χ4n) is 3.05. The van der Waals surface area contributed by atoms with E-state index in [1.165, 1.54) is 31.2 Å². The van der Waals surface area contributed by atoms with Crippen molar-refractivity contribution < 1.29 is 4.74 Å². The molecule has 2 rings (SSSR count). The average molecular weight is 332 g/mol. The topological polar surface area (TPSA) is 36.9 Å². The van der Waals surface area contributed by atoms with Crippen molar-refractivity contribution in [2.24, 2.45) is 10.9 Å². The number of rotatable bonds is 9. The number of nitrogens with one attached hydrogen (secondary N) is 1. The number of unbranched alkanes of at least 4 members (excludes halogenated alkanes) is 2. The maximum Gasteiger partial charge on any atom is 0.193 e. The van der Waals surface area contributed by atoms with E-state index in [-0.39, 0.29) is 0 Å². The fraction of sp³-hybridized carbons (Fsp3) is 0.650. The van der Waals surface area contributed by atoms with E-state index in [9.17, 15) is 0 Å². The van der Waals surface area contributed by atoms with Crippen molar-refractivity contribution in [1.29, 1.82) is 0 Å². The zero-order chi connectivity index (χ0) is 17.0. The first-order valence-electron chi connectivity index (χ1n) is 9.48. The summed E-state index contributed by atoms with van der Waals surface area (Å²) in [4.78, 5) is 7.18. The van der Waals surface area contributed by atoms with Gasteiger partial charge in [0.05, 0.1) is 13.2 Å². The van der Waals surface area contributed by atoms with Crippen molar-refractivity contribution in [2.75, 3.05) is 32.8 Å². The van der Waals surface area contributed by atoms with Crippen LogP contribution in [0.25, 0.3) is 0 Å². The Hall–Kier alpha value is -1.55. The molecular formula is C20H33N3O. The third-order valence-electron chi connectivity index (χ3n) is 4.41. The minimum absolute atomic E-state index is 0.605. The molecule has 1 atom stereocenters. The Morgan fingerprint density at radius 3 is 2.83 bits per heavy atom. The van der Waals surface area contributed by atoms with Gasteiger partial charge >= 0.3 is 0 Å². The number of benzene rings is 1. The zero-order valence-electron chi connectivity index (χ0n) is 15.3. The third-order valence-corrected chi connectivity index (χ3v) is 4.41. The van der Waals surface area contributed by atoms with E-state index in [1.54, 1.807) is 0 Å². The van der Waals surface area contributed by atoms with Crippen LogP contribution in [0.4, 0.5) is 0 Å². The summed E-state index contributed by atoms with van der Waals surface area (Å²) in [7, 11) is 0. The van der Waals surface area contributed by atoms with E-state index in [2.05, 4.69) is 48.3 Å². The predicted molar refractivity (Wildman–Crippen MR) is 101 cm³/mol. The Morgan fingerprint density at radius 2 is 2.08 bits per heavy atom. The van der Waals surface area contributed by atoms with Crippen LogP contribution >= 0.6 is 0 Å². The summed E-state index contributed by atoms with van der Waals surface area (Å²) in [5, 5.41) is 3.44. The summed E-state index contributed by atoms with van der Waals surface area (Å²) in [6.07, 6.45) is 4.88. The van der Waals surface area contributed by atoms with Crippen molar-refractivity contribution in [3.63, 3.8) is 0 Å². The van der Waals surface area contributed by atoms with Gasteiger partial charge in [0.15, 0.2) is 5.96 Å². The molecule has 0 aliphatic carbocycles. The van der Waals surface area contributed by atoms with Gasteiger partial charge in [-0.25, -0.2) is 0 Å². The SMILES string of the molecule is CCCCCN=C(NCC)N1CCC(COCc2ccccc2)C1. The average Bonchev–Trinajstić information content (AvgIpc) is 3.07. The summed E-state index contributed by atoms with van der Waals surface area (Å²) < 4.78 is 5.92. The van der Waals surface area contributed by atoms with E-state index in [0.717, 1.165) is 38.7 Å². The van der Waals surface area contributed by atoms with Crippen LogP contribution in [0.15, 0.2) is 35.3 Å². The lowest BCUT2D eigenvalue weighted by Gasteiger charge is -2.21.